The van der Waals surface area contributed by atoms with E-state index in [-0.39, 0.29) is 33.9 Å². The quantitative estimate of drug-likeness (QED) is 0.148. The van der Waals surface area contributed by atoms with Crippen molar-refractivity contribution in [2.75, 3.05) is 18.1 Å². The molecular formula is C30H32N2O6S. The molecule has 39 heavy (non-hydrogen) atoms. The van der Waals surface area contributed by atoms with Gasteiger partial charge in [0.25, 0.3) is 5.78 Å². The number of esters is 1. The van der Waals surface area contributed by atoms with Crippen LogP contribution in [0.1, 0.15) is 78.1 Å². The number of aliphatic hydroxyl groups excluding tert-OH is 1. The normalized spacial score (nSPS) is 16.7. The van der Waals surface area contributed by atoms with Gasteiger partial charge in [0.2, 0.25) is 0 Å². The molecule has 4 rings (SSSR count). The maximum absolute atomic E-state index is 13.5. The Labute approximate surface area is 231 Å². The van der Waals surface area contributed by atoms with Gasteiger partial charge < -0.3 is 14.6 Å². The highest BCUT2D eigenvalue weighted by Crippen LogP contribution is 2.44. The molecule has 1 aromatic heterocycles. The van der Waals surface area contributed by atoms with Gasteiger partial charge in [0.1, 0.15) is 16.4 Å². The van der Waals surface area contributed by atoms with Crippen molar-refractivity contribution in [3.8, 4) is 5.75 Å². The van der Waals surface area contributed by atoms with E-state index >= 15 is 0 Å². The first-order chi connectivity index (χ1) is 18.7. The van der Waals surface area contributed by atoms with Gasteiger partial charge in [-0.15, -0.1) is 0 Å². The third-order valence-corrected chi connectivity index (χ3v) is 7.53. The average Bonchev–Trinajstić information content (AvgIpc) is 3.43. The Bertz CT molecular complexity index is 1420. The number of carbonyl (C=O) groups excluding carboxylic acids is 3. The molecule has 0 bridgehead atoms. The molecule has 3 aromatic rings. The highest BCUT2D eigenvalue weighted by molar-refractivity contribution is 7.17. The van der Waals surface area contributed by atoms with Gasteiger partial charge in [-0.25, -0.2) is 9.78 Å². The van der Waals surface area contributed by atoms with Crippen molar-refractivity contribution in [3.63, 3.8) is 0 Å². The first-order valence-corrected chi connectivity index (χ1v) is 13.8. The molecule has 1 N–H and O–H groups in total. The van der Waals surface area contributed by atoms with Crippen molar-refractivity contribution >= 4 is 39.9 Å². The maximum atomic E-state index is 13.5. The van der Waals surface area contributed by atoms with Gasteiger partial charge >= 0.3 is 11.9 Å². The molecule has 0 spiro atoms. The Morgan fingerprint density at radius 1 is 1.13 bits per heavy atom. The van der Waals surface area contributed by atoms with Crippen LogP contribution in [-0.4, -0.2) is 41.0 Å². The molecule has 2 heterocycles. The van der Waals surface area contributed by atoms with Gasteiger partial charge in [0.05, 0.1) is 30.5 Å². The summed E-state index contributed by atoms with van der Waals surface area (Å²) in [5.41, 5.74) is 2.41. The molecule has 1 aliphatic heterocycles. The van der Waals surface area contributed by atoms with E-state index in [2.05, 4.69) is 18.8 Å². The first-order valence-electron chi connectivity index (χ1n) is 13.0. The van der Waals surface area contributed by atoms with Gasteiger partial charge in [-0.2, -0.15) is 0 Å². The number of hydrogen-bond donors (Lipinski definition) is 1. The summed E-state index contributed by atoms with van der Waals surface area (Å²) in [6, 6.07) is 13.4. The van der Waals surface area contributed by atoms with Gasteiger partial charge in [0, 0.05) is 5.56 Å². The Morgan fingerprint density at radius 3 is 2.49 bits per heavy atom. The van der Waals surface area contributed by atoms with Gasteiger partial charge in [-0.3, -0.25) is 14.5 Å². The molecule has 9 heteroatoms. The minimum absolute atomic E-state index is 0.0597. The van der Waals surface area contributed by atoms with Gasteiger partial charge in [-0.1, -0.05) is 68.5 Å². The number of benzene rings is 2. The van der Waals surface area contributed by atoms with Crippen LogP contribution in [0.2, 0.25) is 0 Å². The summed E-state index contributed by atoms with van der Waals surface area (Å²) in [6.45, 7) is 10.2. The molecule has 2 aromatic carbocycles. The number of Topliss-reactive ketones (excluding diaryl/α,β-unsaturated/α-hetero) is 1. The Hall–Kier alpha value is -3.98. The van der Waals surface area contributed by atoms with E-state index in [0.717, 1.165) is 23.3 Å². The Balaban J connectivity index is 1.88. The van der Waals surface area contributed by atoms with Gasteiger partial charge in [0.15, 0.2) is 5.13 Å². The third-order valence-electron chi connectivity index (χ3n) is 6.40. The molecular weight excluding hydrogens is 516 g/mol. The molecule has 1 saturated heterocycles. The summed E-state index contributed by atoms with van der Waals surface area (Å²) in [5.74, 6) is -1.70. The van der Waals surface area contributed by atoms with Crippen molar-refractivity contribution in [1.29, 1.82) is 0 Å². The topological polar surface area (TPSA) is 106 Å². The molecule has 0 radical (unpaired) electrons. The second kappa shape index (κ2) is 11.8. The fourth-order valence-electron chi connectivity index (χ4n) is 4.39. The van der Waals surface area contributed by atoms with Crippen LogP contribution >= 0.6 is 11.3 Å². The lowest BCUT2D eigenvalue weighted by molar-refractivity contribution is -0.132. The van der Waals surface area contributed by atoms with Gasteiger partial charge in [-0.05, 0) is 49.4 Å². The van der Waals surface area contributed by atoms with Crippen LogP contribution in [0.15, 0.2) is 54.1 Å². The van der Waals surface area contributed by atoms with Crippen molar-refractivity contribution in [2.24, 2.45) is 0 Å². The maximum Gasteiger partial charge on any atom is 0.350 e. The summed E-state index contributed by atoms with van der Waals surface area (Å²) in [6.07, 6.45) is 0.814. The minimum atomic E-state index is -0.952. The van der Waals surface area contributed by atoms with E-state index in [4.69, 9.17) is 9.47 Å². The largest absolute Gasteiger partial charge is 0.507 e. The lowest BCUT2D eigenvalue weighted by Crippen LogP contribution is -2.29. The molecule has 1 amide bonds. The predicted octanol–water partition coefficient (Wildman–Crippen LogP) is 6.17. The third kappa shape index (κ3) is 5.59. The summed E-state index contributed by atoms with van der Waals surface area (Å²) < 4.78 is 10.8. The number of amides is 1. The van der Waals surface area contributed by atoms with Crippen LogP contribution in [0.5, 0.6) is 5.75 Å². The zero-order valence-corrected chi connectivity index (χ0v) is 23.5. The highest BCUT2D eigenvalue weighted by Gasteiger charge is 2.48. The Kier molecular flexibility index (Phi) is 8.50. The second-order valence-electron chi connectivity index (χ2n) is 9.50. The summed E-state index contributed by atoms with van der Waals surface area (Å²) in [4.78, 5) is 45.4. The van der Waals surface area contributed by atoms with E-state index < -0.39 is 23.7 Å². The Morgan fingerprint density at radius 2 is 1.85 bits per heavy atom. The average molecular weight is 549 g/mol. The number of hydrogen-bond acceptors (Lipinski definition) is 8. The number of nitrogens with zero attached hydrogens (tertiary/aromatic N) is 2. The van der Waals surface area contributed by atoms with E-state index in [1.807, 2.05) is 31.2 Å². The molecule has 1 unspecified atom stereocenters. The fraction of sp³-hybridized carbons (Fsp3) is 0.333. The van der Waals surface area contributed by atoms with Crippen LogP contribution in [0.25, 0.3) is 5.76 Å². The molecule has 1 fully saturated rings. The SMILES string of the molecule is CCCOc1cccc(/C(O)=C2\C(=O)C(=O)N(c3nc(C)c(C(=O)OCC)s3)C2c2ccc(C(C)C)cc2)c1. The monoisotopic (exact) mass is 548 g/mol. The standard InChI is InChI=1S/C30H32N2O6S/c1-6-15-38-22-10-8-9-21(16-22)25(33)23-24(20-13-11-19(12-14-20)17(3)4)32(28(35)26(23)34)30-31-18(5)27(39-30)29(36)37-7-2/h8-14,16-17,24,33H,6-7,15H2,1-5H3/b25-23+. The predicted molar refractivity (Wildman–Crippen MR) is 150 cm³/mol. The van der Waals surface area contributed by atoms with E-state index in [1.165, 1.54) is 4.90 Å². The van der Waals surface area contributed by atoms with Crippen LogP contribution in [0.4, 0.5) is 5.13 Å². The molecule has 0 aliphatic carbocycles. The zero-order chi connectivity index (χ0) is 28.3. The van der Waals surface area contributed by atoms with Crippen LogP contribution in [0.3, 0.4) is 0 Å². The number of aromatic nitrogens is 1. The van der Waals surface area contributed by atoms with E-state index in [1.54, 1.807) is 38.1 Å². The summed E-state index contributed by atoms with van der Waals surface area (Å²) in [7, 11) is 0. The molecule has 1 aliphatic rings. The number of thiazole rings is 1. The number of anilines is 1. The second-order valence-corrected chi connectivity index (χ2v) is 10.5. The molecule has 8 nitrogen and oxygen atoms in total. The van der Waals surface area contributed by atoms with Crippen LogP contribution < -0.4 is 9.64 Å². The lowest BCUT2D eigenvalue weighted by atomic mass is 9.93. The van der Waals surface area contributed by atoms with Crippen LogP contribution in [-0.2, 0) is 14.3 Å². The number of rotatable bonds is 9. The van der Waals surface area contributed by atoms with Crippen molar-refractivity contribution < 1.29 is 29.0 Å². The summed E-state index contributed by atoms with van der Waals surface area (Å²) >= 11 is 0.981. The lowest BCUT2D eigenvalue weighted by Gasteiger charge is -2.23. The van der Waals surface area contributed by atoms with Crippen molar-refractivity contribution in [2.45, 2.75) is 53.0 Å². The first kappa shape index (κ1) is 28.0. The molecule has 204 valence electrons. The van der Waals surface area contributed by atoms with Crippen molar-refractivity contribution in [1.82, 2.24) is 4.98 Å². The number of aliphatic hydroxyl groups is 1. The van der Waals surface area contributed by atoms with Crippen LogP contribution in [0, 0.1) is 6.92 Å². The number of aryl methyl sites for hydroxylation is 1. The van der Waals surface area contributed by atoms with E-state index in [0.29, 0.717) is 29.2 Å². The van der Waals surface area contributed by atoms with Crippen molar-refractivity contribution in [3.05, 3.63) is 81.4 Å². The minimum Gasteiger partial charge on any atom is -0.507 e. The molecule has 1 atom stereocenters. The zero-order valence-electron chi connectivity index (χ0n) is 22.7. The summed E-state index contributed by atoms with van der Waals surface area (Å²) in [5, 5.41) is 11.6. The number of carbonyl (C=O) groups is 3. The number of ketones is 1. The highest BCUT2D eigenvalue weighted by atomic mass is 32.1. The smallest absolute Gasteiger partial charge is 0.350 e. The fourth-order valence-corrected chi connectivity index (χ4v) is 5.38. The number of ether oxygens (including phenoxy) is 2. The molecule has 0 saturated carbocycles. The van der Waals surface area contributed by atoms with E-state index in [9.17, 15) is 19.5 Å².